The van der Waals surface area contributed by atoms with Crippen LogP contribution in [0.5, 0.6) is 0 Å². The third-order valence-corrected chi connectivity index (χ3v) is 7.66. The molecule has 0 unspecified atom stereocenters. The minimum absolute atomic E-state index is 0.144. The topological polar surface area (TPSA) is 111 Å². The summed E-state index contributed by atoms with van der Waals surface area (Å²) in [6, 6.07) is 12.9. The highest BCUT2D eigenvalue weighted by molar-refractivity contribution is 7.92. The maximum absolute atomic E-state index is 12.3. The lowest BCUT2D eigenvalue weighted by molar-refractivity contribution is -0.384. The predicted molar refractivity (Wildman–Crippen MR) is 98.7 cm³/mol. The Hall–Kier alpha value is -1.97. The molecule has 0 amide bonds. The van der Waals surface area contributed by atoms with Crippen LogP contribution >= 0.6 is 11.6 Å². The second-order valence-electron chi connectivity index (χ2n) is 5.67. The van der Waals surface area contributed by atoms with E-state index in [1.165, 1.54) is 0 Å². The number of nitro groups is 1. The van der Waals surface area contributed by atoms with Gasteiger partial charge in [0.15, 0.2) is 19.7 Å². The number of rotatable bonds is 8. The van der Waals surface area contributed by atoms with E-state index < -0.39 is 41.5 Å². The van der Waals surface area contributed by atoms with Crippen LogP contribution in [0.1, 0.15) is 5.56 Å². The summed E-state index contributed by atoms with van der Waals surface area (Å²) in [7, 11) is -7.46. The Kier molecular flexibility index (Phi) is 6.38. The standard InChI is InChI=1S/C16H16ClNO6S2/c17-14(11-25(21,22)10-13-4-2-1-3-5-13)12-26(23,24)16-8-6-15(7-9-16)18(19)20/h1-9,14H,10-12H2/t14-/m0/s1. The minimum atomic E-state index is -3.87. The van der Waals surface area contributed by atoms with Crippen molar-refractivity contribution in [2.75, 3.05) is 11.5 Å². The van der Waals surface area contributed by atoms with E-state index in [9.17, 15) is 26.9 Å². The molecule has 0 aromatic heterocycles. The average Bonchev–Trinajstić information content (AvgIpc) is 2.54. The van der Waals surface area contributed by atoms with E-state index in [2.05, 4.69) is 0 Å². The van der Waals surface area contributed by atoms with Crippen LogP contribution in [0.3, 0.4) is 0 Å². The molecule has 0 aliphatic rings. The second kappa shape index (κ2) is 8.15. The largest absolute Gasteiger partial charge is 0.269 e. The summed E-state index contributed by atoms with van der Waals surface area (Å²) in [4.78, 5) is 9.83. The quantitative estimate of drug-likeness (QED) is 0.370. The van der Waals surface area contributed by atoms with Gasteiger partial charge < -0.3 is 0 Å². The van der Waals surface area contributed by atoms with Gasteiger partial charge in [-0.05, 0) is 17.7 Å². The van der Waals surface area contributed by atoms with Crippen molar-refractivity contribution in [1.82, 2.24) is 0 Å². The molecule has 2 rings (SSSR count). The van der Waals surface area contributed by atoms with E-state index in [4.69, 9.17) is 11.6 Å². The van der Waals surface area contributed by atoms with Crippen molar-refractivity contribution in [3.63, 3.8) is 0 Å². The molecule has 0 aliphatic carbocycles. The molecule has 10 heteroatoms. The van der Waals surface area contributed by atoms with Crippen molar-refractivity contribution in [3.8, 4) is 0 Å². The Bertz CT molecular complexity index is 973. The normalized spacial score (nSPS) is 13.3. The van der Waals surface area contributed by atoms with Gasteiger partial charge >= 0.3 is 0 Å². The van der Waals surface area contributed by atoms with E-state index >= 15 is 0 Å². The fourth-order valence-corrected chi connectivity index (χ4v) is 6.37. The van der Waals surface area contributed by atoms with Crippen LogP contribution in [0, 0.1) is 10.1 Å². The molecule has 0 saturated heterocycles. The van der Waals surface area contributed by atoms with Crippen molar-refractivity contribution in [2.45, 2.75) is 16.0 Å². The second-order valence-corrected chi connectivity index (χ2v) is 10.4. The molecule has 26 heavy (non-hydrogen) atoms. The van der Waals surface area contributed by atoms with Gasteiger partial charge in [0, 0.05) is 12.1 Å². The molecule has 0 radical (unpaired) electrons. The highest BCUT2D eigenvalue weighted by Gasteiger charge is 2.25. The molecule has 140 valence electrons. The molecule has 0 aliphatic heterocycles. The van der Waals surface area contributed by atoms with Gasteiger partial charge in [-0.1, -0.05) is 30.3 Å². The maximum Gasteiger partial charge on any atom is 0.269 e. The summed E-state index contributed by atoms with van der Waals surface area (Å²) >= 11 is 5.98. The summed E-state index contributed by atoms with van der Waals surface area (Å²) in [5.74, 6) is -1.30. The number of halogens is 1. The van der Waals surface area contributed by atoms with E-state index in [-0.39, 0.29) is 16.3 Å². The van der Waals surface area contributed by atoms with Crippen molar-refractivity contribution < 1.29 is 21.8 Å². The van der Waals surface area contributed by atoms with Crippen molar-refractivity contribution in [2.24, 2.45) is 0 Å². The predicted octanol–water partition coefficient (Wildman–Crippen LogP) is 2.59. The smallest absolute Gasteiger partial charge is 0.258 e. The monoisotopic (exact) mass is 417 g/mol. The van der Waals surface area contributed by atoms with Gasteiger partial charge in [0.05, 0.1) is 32.5 Å². The van der Waals surface area contributed by atoms with Gasteiger partial charge in [0.2, 0.25) is 0 Å². The zero-order chi connectivity index (χ0) is 19.4. The molecule has 7 nitrogen and oxygen atoms in total. The Balaban J connectivity index is 2.05. The number of non-ortho nitro benzene ring substituents is 1. The number of hydrogen-bond donors (Lipinski definition) is 0. The molecule has 0 heterocycles. The Morgan fingerprint density at radius 3 is 2.04 bits per heavy atom. The number of alkyl halides is 1. The van der Waals surface area contributed by atoms with Crippen molar-refractivity contribution in [3.05, 3.63) is 70.3 Å². The van der Waals surface area contributed by atoms with E-state index in [1.54, 1.807) is 30.3 Å². The summed E-state index contributed by atoms with van der Waals surface area (Å²) in [6.07, 6.45) is 0. The van der Waals surface area contributed by atoms with Gasteiger partial charge in [0.1, 0.15) is 0 Å². The SMILES string of the molecule is O=[N+]([O-])c1ccc(S(=O)(=O)C[C@@H](Cl)CS(=O)(=O)Cc2ccccc2)cc1. The molecule has 2 aromatic carbocycles. The van der Waals surface area contributed by atoms with Crippen LogP contribution in [-0.4, -0.2) is 38.6 Å². The van der Waals surface area contributed by atoms with Crippen LogP contribution < -0.4 is 0 Å². The van der Waals surface area contributed by atoms with Crippen LogP contribution in [0.15, 0.2) is 59.5 Å². The Morgan fingerprint density at radius 2 is 1.50 bits per heavy atom. The first-order valence-corrected chi connectivity index (χ1v) is 11.4. The van der Waals surface area contributed by atoms with E-state index in [1.807, 2.05) is 0 Å². The lowest BCUT2D eigenvalue weighted by Gasteiger charge is -2.11. The van der Waals surface area contributed by atoms with Crippen LogP contribution in [0.2, 0.25) is 0 Å². The number of nitrogens with zero attached hydrogens (tertiary/aromatic N) is 1. The molecule has 0 bridgehead atoms. The highest BCUT2D eigenvalue weighted by atomic mass is 35.5. The van der Waals surface area contributed by atoms with Gasteiger partial charge in [-0.2, -0.15) is 0 Å². The van der Waals surface area contributed by atoms with E-state index in [0.29, 0.717) is 5.56 Å². The van der Waals surface area contributed by atoms with Crippen molar-refractivity contribution in [1.29, 1.82) is 0 Å². The lowest BCUT2D eigenvalue weighted by atomic mass is 10.2. The number of sulfone groups is 2. The fourth-order valence-electron chi connectivity index (χ4n) is 2.32. The molecule has 0 fully saturated rings. The number of benzene rings is 2. The maximum atomic E-state index is 12.3. The number of hydrogen-bond acceptors (Lipinski definition) is 6. The van der Waals surface area contributed by atoms with Gasteiger partial charge in [-0.15, -0.1) is 11.6 Å². The summed E-state index contributed by atoms with van der Waals surface area (Å²) in [6.45, 7) is 0. The highest BCUT2D eigenvalue weighted by Crippen LogP contribution is 2.19. The first-order valence-electron chi connectivity index (χ1n) is 7.45. The molecule has 0 saturated carbocycles. The van der Waals surface area contributed by atoms with Gasteiger partial charge in [0.25, 0.3) is 5.69 Å². The first kappa shape index (κ1) is 20.3. The Labute approximate surface area is 156 Å². The molecular formula is C16H16ClNO6S2. The zero-order valence-electron chi connectivity index (χ0n) is 13.5. The number of nitro benzene ring substituents is 1. The van der Waals surface area contributed by atoms with Crippen LogP contribution in [0.25, 0.3) is 0 Å². The fraction of sp³-hybridized carbons (Fsp3) is 0.250. The summed E-state index contributed by atoms with van der Waals surface area (Å²) in [5, 5.41) is 9.48. The summed E-state index contributed by atoms with van der Waals surface area (Å²) in [5.41, 5.74) is 0.353. The molecule has 1 atom stereocenters. The molecule has 2 aromatic rings. The van der Waals surface area contributed by atoms with E-state index in [0.717, 1.165) is 24.3 Å². The third kappa shape index (κ3) is 5.79. The Morgan fingerprint density at radius 1 is 0.923 bits per heavy atom. The first-order chi connectivity index (χ1) is 12.1. The molecular weight excluding hydrogens is 402 g/mol. The molecule has 0 N–H and O–H groups in total. The van der Waals surface area contributed by atoms with Crippen LogP contribution in [-0.2, 0) is 25.4 Å². The lowest BCUT2D eigenvalue weighted by Crippen LogP contribution is -2.25. The summed E-state index contributed by atoms with van der Waals surface area (Å²) < 4.78 is 49.0. The molecule has 0 spiro atoms. The average molecular weight is 418 g/mol. The minimum Gasteiger partial charge on any atom is -0.258 e. The zero-order valence-corrected chi connectivity index (χ0v) is 15.9. The van der Waals surface area contributed by atoms with Gasteiger partial charge in [-0.25, -0.2) is 16.8 Å². The van der Waals surface area contributed by atoms with Crippen LogP contribution in [0.4, 0.5) is 5.69 Å². The third-order valence-electron chi connectivity index (χ3n) is 3.47. The van der Waals surface area contributed by atoms with Gasteiger partial charge in [-0.3, -0.25) is 10.1 Å². The van der Waals surface area contributed by atoms with Crippen molar-refractivity contribution >= 4 is 37.0 Å².